The molecule has 0 aliphatic heterocycles. The molecule has 0 amide bonds. The first-order valence-corrected chi connectivity index (χ1v) is 7.61. The molecule has 5 nitrogen and oxygen atoms in total. The molecule has 112 valence electrons. The van der Waals surface area contributed by atoms with E-state index in [2.05, 4.69) is 29.4 Å². The van der Waals surface area contributed by atoms with E-state index in [1.807, 2.05) is 29.8 Å². The van der Waals surface area contributed by atoms with Gasteiger partial charge < -0.3 is 5.73 Å². The van der Waals surface area contributed by atoms with E-state index in [0.717, 1.165) is 35.5 Å². The van der Waals surface area contributed by atoms with Crippen LogP contribution in [0, 0.1) is 12.3 Å². The number of para-hydroxylation sites is 1. The van der Waals surface area contributed by atoms with Gasteiger partial charge in [0.25, 0.3) is 0 Å². The topological polar surface area (TPSA) is 69.6 Å². The molecule has 2 aromatic rings. The lowest BCUT2D eigenvalue weighted by Gasteiger charge is -2.35. The highest BCUT2D eigenvalue weighted by molar-refractivity contribution is 5.74. The Labute approximate surface area is 125 Å². The van der Waals surface area contributed by atoms with Gasteiger partial charge in [0.2, 0.25) is 0 Å². The number of rotatable bonds is 2. The molecule has 1 aliphatic carbocycles. The number of tetrazole rings is 1. The minimum Gasteiger partial charge on any atom is -0.398 e. The molecule has 1 saturated carbocycles. The second kappa shape index (κ2) is 5.13. The third kappa shape index (κ3) is 2.64. The summed E-state index contributed by atoms with van der Waals surface area (Å²) >= 11 is 0. The van der Waals surface area contributed by atoms with Crippen molar-refractivity contribution in [2.75, 3.05) is 5.73 Å². The maximum absolute atomic E-state index is 6.22. The van der Waals surface area contributed by atoms with E-state index < -0.39 is 0 Å². The standard InChI is InChI=1S/C16H23N5/c1-11-6-4-8-13(14(11)17)15-18-19-20-21(15)12-7-5-9-16(2,3)10-12/h4,6,8,12H,5,7,9-10,17H2,1-3H3. The van der Waals surface area contributed by atoms with Crippen LogP contribution in [-0.2, 0) is 0 Å². The van der Waals surface area contributed by atoms with Crippen molar-refractivity contribution in [3.63, 3.8) is 0 Å². The summed E-state index contributed by atoms with van der Waals surface area (Å²) in [4.78, 5) is 0. The third-order valence-corrected chi connectivity index (χ3v) is 4.58. The van der Waals surface area contributed by atoms with E-state index in [-0.39, 0.29) is 0 Å². The van der Waals surface area contributed by atoms with Gasteiger partial charge in [-0.3, -0.25) is 0 Å². The molecule has 0 bridgehead atoms. The van der Waals surface area contributed by atoms with Crippen LogP contribution in [0.3, 0.4) is 0 Å². The molecule has 5 heteroatoms. The van der Waals surface area contributed by atoms with Crippen molar-refractivity contribution in [3.05, 3.63) is 23.8 Å². The van der Waals surface area contributed by atoms with Crippen LogP contribution in [0.25, 0.3) is 11.4 Å². The highest BCUT2D eigenvalue weighted by Gasteiger charge is 2.31. The van der Waals surface area contributed by atoms with Gasteiger partial charge in [0.15, 0.2) is 5.82 Å². The lowest BCUT2D eigenvalue weighted by molar-refractivity contribution is 0.174. The van der Waals surface area contributed by atoms with E-state index in [9.17, 15) is 0 Å². The summed E-state index contributed by atoms with van der Waals surface area (Å²) in [5.41, 5.74) is 9.33. The molecule has 0 spiro atoms. The van der Waals surface area contributed by atoms with Crippen molar-refractivity contribution in [2.45, 2.75) is 52.5 Å². The van der Waals surface area contributed by atoms with Crippen molar-refractivity contribution in [1.29, 1.82) is 0 Å². The molecule has 1 heterocycles. The average molecular weight is 285 g/mol. The van der Waals surface area contributed by atoms with E-state index in [1.54, 1.807) is 0 Å². The molecule has 21 heavy (non-hydrogen) atoms. The van der Waals surface area contributed by atoms with Gasteiger partial charge in [0.05, 0.1) is 6.04 Å². The third-order valence-electron chi connectivity index (χ3n) is 4.58. The normalized spacial score (nSPS) is 21.4. The number of nitrogens with two attached hydrogens (primary N) is 1. The van der Waals surface area contributed by atoms with Crippen LogP contribution in [-0.4, -0.2) is 20.2 Å². The van der Waals surface area contributed by atoms with Crippen LogP contribution in [0.4, 0.5) is 5.69 Å². The molecule has 2 N–H and O–H groups in total. The predicted octanol–water partition coefficient (Wildman–Crippen LogP) is 3.37. The molecular formula is C16H23N5. The number of aryl methyl sites for hydroxylation is 1. The maximum Gasteiger partial charge on any atom is 0.184 e. The van der Waals surface area contributed by atoms with Crippen molar-refractivity contribution in [1.82, 2.24) is 20.2 Å². The Morgan fingerprint density at radius 3 is 2.90 bits per heavy atom. The van der Waals surface area contributed by atoms with Gasteiger partial charge >= 0.3 is 0 Å². The van der Waals surface area contributed by atoms with Crippen LogP contribution in [0.15, 0.2) is 18.2 Å². The minimum atomic E-state index is 0.351. The summed E-state index contributed by atoms with van der Waals surface area (Å²) in [5, 5.41) is 12.4. The number of aromatic nitrogens is 4. The summed E-state index contributed by atoms with van der Waals surface area (Å²) < 4.78 is 1.98. The minimum absolute atomic E-state index is 0.351. The van der Waals surface area contributed by atoms with Gasteiger partial charge in [-0.05, 0) is 53.7 Å². The molecule has 1 aromatic carbocycles. The number of benzene rings is 1. The fourth-order valence-electron chi connectivity index (χ4n) is 3.36. The first-order valence-electron chi connectivity index (χ1n) is 7.61. The van der Waals surface area contributed by atoms with Gasteiger partial charge in [-0.25, -0.2) is 4.68 Å². The summed E-state index contributed by atoms with van der Waals surface area (Å²) in [5.74, 6) is 0.791. The van der Waals surface area contributed by atoms with Crippen molar-refractivity contribution in [2.24, 2.45) is 5.41 Å². The molecule has 1 fully saturated rings. The Kier molecular flexibility index (Phi) is 3.43. The Hall–Kier alpha value is -1.91. The second-order valence-corrected chi connectivity index (χ2v) is 6.90. The number of nitrogens with zero attached hydrogens (tertiary/aromatic N) is 4. The predicted molar refractivity (Wildman–Crippen MR) is 83.7 cm³/mol. The van der Waals surface area contributed by atoms with Gasteiger partial charge in [-0.2, -0.15) is 0 Å². The highest BCUT2D eigenvalue weighted by atomic mass is 15.5. The number of hydrogen-bond acceptors (Lipinski definition) is 4. The van der Waals surface area contributed by atoms with Crippen LogP contribution in [0.2, 0.25) is 0 Å². The Balaban J connectivity index is 2.00. The van der Waals surface area contributed by atoms with Crippen LogP contribution < -0.4 is 5.73 Å². The fourth-order valence-corrected chi connectivity index (χ4v) is 3.36. The summed E-state index contributed by atoms with van der Waals surface area (Å²) in [7, 11) is 0. The molecular weight excluding hydrogens is 262 g/mol. The van der Waals surface area contributed by atoms with Gasteiger partial charge in [-0.15, -0.1) is 5.10 Å². The molecule has 3 rings (SSSR count). The van der Waals surface area contributed by atoms with Gasteiger partial charge in [-0.1, -0.05) is 32.4 Å². The number of hydrogen-bond donors (Lipinski definition) is 1. The summed E-state index contributed by atoms with van der Waals surface area (Å²) in [6.07, 6.45) is 4.73. The van der Waals surface area contributed by atoms with Crippen molar-refractivity contribution < 1.29 is 0 Å². The average Bonchev–Trinajstić information content (AvgIpc) is 2.90. The number of anilines is 1. The molecule has 0 saturated heterocycles. The molecule has 1 aliphatic rings. The fraction of sp³-hybridized carbons (Fsp3) is 0.562. The monoisotopic (exact) mass is 285 g/mol. The van der Waals surface area contributed by atoms with E-state index in [0.29, 0.717) is 11.5 Å². The zero-order valence-corrected chi connectivity index (χ0v) is 13.0. The largest absolute Gasteiger partial charge is 0.398 e. The Morgan fingerprint density at radius 1 is 1.33 bits per heavy atom. The zero-order chi connectivity index (χ0) is 15.0. The molecule has 1 unspecified atom stereocenters. The summed E-state index contributed by atoms with van der Waals surface area (Å²) in [6.45, 7) is 6.66. The first-order chi connectivity index (χ1) is 9.98. The second-order valence-electron chi connectivity index (χ2n) is 6.90. The SMILES string of the molecule is Cc1cccc(-c2nnnn2C2CCCC(C)(C)C2)c1N. The summed E-state index contributed by atoms with van der Waals surface area (Å²) in [6, 6.07) is 6.37. The lowest BCUT2D eigenvalue weighted by atomic mass is 9.75. The van der Waals surface area contributed by atoms with Crippen LogP contribution in [0.1, 0.15) is 51.1 Å². The van der Waals surface area contributed by atoms with E-state index >= 15 is 0 Å². The quantitative estimate of drug-likeness (QED) is 0.859. The van der Waals surface area contributed by atoms with Gasteiger partial charge in [0, 0.05) is 11.3 Å². The molecule has 1 aromatic heterocycles. The van der Waals surface area contributed by atoms with Gasteiger partial charge in [0.1, 0.15) is 0 Å². The maximum atomic E-state index is 6.22. The zero-order valence-electron chi connectivity index (χ0n) is 13.0. The van der Waals surface area contributed by atoms with Crippen molar-refractivity contribution in [3.8, 4) is 11.4 Å². The van der Waals surface area contributed by atoms with Crippen molar-refractivity contribution >= 4 is 5.69 Å². The molecule has 0 radical (unpaired) electrons. The van der Waals surface area contributed by atoms with Crippen LogP contribution in [0.5, 0.6) is 0 Å². The van der Waals surface area contributed by atoms with E-state index in [1.165, 1.54) is 12.8 Å². The molecule has 1 atom stereocenters. The Bertz CT molecular complexity index is 644. The first kappa shape index (κ1) is 14.0. The smallest absolute Gasteiger partial charge is 0.184 e. The van der Waals surface area contributed by atoms with Crippen LogP contribution >= 0.6 is 0 Å². The van der Waals surface area contributed by atoms with E-state index in [4.69, 9.17) is 5.73 Å². The lowest BCUT2D eigenvalue weighted by Crippen LogP contribution is -2.26. The number of nitrogen functional groups attached to an aromatic ring is 1. The highest BCUT2D eigenvalue weighted by Crippen LogP contribution is 2.42. The Morgan fingerprint density at radius 2 is 2.14 bits per heavy atom.